The number of benzene rings is 1. The van der Waals surface area contributed by atoms with Crippen LogP contribution in [0.25, 0.3) is 0 Å². The lowest BCUT2D eigenvalue weighted by Gasteiger charge is -2.31. The third-order valence-electron chi connectivity index (χ3n) is 2.82. The zero-order chi connectivity index (χ0) is 14.7. The molecule has 0 radical (unpaired) electrons. The molecule has 0 fully saturated rings. The van der Waals surface area contributed by atoms with E-state index in [4.69, 9.17) is 9.90 Å². The summed E-state index contributed by atoms with van der Waals surface area (Å²) < 4.78 is 14.0. The first-order valence-corrected chi connectivity index (χ1v) is 8.21. The number of hydrogen-bond acceptors (Lipinski definition) is 4. The van der Waals surface area contributed by atoms with Gasteiger partial charge in [0.05, 0.1) is 19.6 Å². The van der Waals surface area contributed by atoms with E-state index in [1.165, 1.54) is 6.07 Å². The van der Waals surface area contributed by atoms with Gasteiger partial charge in [0.25, 0.3) is 0 Å². The second kappa shape index (κ2) is 10.1. The molecule has 1 aromatic carbocycles. The largest absolute Gasteiger partial charge is 0.554 e. The lowest BCUT2D eigenvalue weighted by molar-refractivity contribution is -0.787. The van der Waals surface area contributed by atoms with Gasteiger partial charge in [0, 0.05) is 22.2 Å². The van der Waals surface area contributed by atoms with E-state index < -0.39 is 6.47 Å². The van der Waals surface area contributed by atoms with Gasteiger partial charge in [-0.25, -0.2) is 4.39 Å². The molecule has 0 bridgehead atoms. The highest BCUT2D eigenvalue weighted by Gasteiger charge is 2.23. The SMILES string of the molecule is CC[N+](CC)(CC)SSc1cccc(F)c1.O=C[O-]. The van der Waals surface area contributed by atoms with Crippen molar-refractivity contribution in [2.75, 3.05) is 19.6 Å². The average molecular weight is 305 g/mol. The summed E-state index contributed by atoms with van der Waals surface area (Å²) >= 11 is 0. The Kier molecular flexibility index (Phi) is 9.73. The molecule has 0 unspecified atom stereocenters. The predicted octanol–water partition coefficient (Wildman–Crippen LogP) is 2.72. The number of hydrogen-bond donors (Lipinski definition) is 0. The van der Waals surface area contributed by atoms with Crippen LogP contribution in [0.15, 0.2) is 29.2 Å². The van der Waals surface area contributed by atoms with Crippen molar-refractivity contribution in [3.05, 3.63) is 30.1 Å². The van der Waals surface area contributed by atoms with E-state index in [2.05, 4.69) is 20.8 Å². The minimum atomic E-state index is -0.500. The summed E-state index contributed by atoms with van der Waals surface area (Å²) in [7, 11) is 3.48. The summed E-state index contributed by atoms with van der Waals surface area (Å²) in [6.45, 7) is 9.39. The molecule has 1 rings (SSSR count). The van der Waals surface area contributed by atoms with Crippen molar-refractivity contribution in [3.8, 4) is 0 Å². The molecule has 0 heterocycles. The van der Waals surface area contributed by atoms with E-state index in [-0.39, 0.29) is 5.82 Å². The normalized spacial score (nSPS) is 10.5. The fourth-order valence-electron chi connectivity index (χ4n) is 1.47. The van der Waals surface area contributed by atoms with Crippen LogP contribution in [0, 0.1) is 5.82 Å². The van der Waals surface area contributed by atoms with E-state index in [0.717, 1.165) is 28.4 Å². The van der Waals surface area contributed by atoms with Gasteiger partial charge in [-0.2, -0.15) is 0 Å². The number of carbonyl (C=O) groups excluding carboxylic acids is 1. The molecular weight excluding hydrogens is 285 g/mol. The molecule has 6 heteroatoms. The molecule has 1 aromatic rings. The van der Waals surface area contributed by atoms with Crippen molar-refractivity contribution in [2.24, 2.45) is 0 Å². The number of quaternary nitrogens is 1. The summed E-state index contributed by atoms with van der Waals surface area (Å²) in [4.78, 5) is 9.24. The van der Waals surface area contributed by atoms with Crippen molar-refractivity contribution in [2.45, 2.75) is 25.7 Å². The second-order valence-electron chi connectivity index (χ2n) is 3.72. The topological polar surface area (TPSA) is 40.1 Å². The van der Waals surface area contributed by atoms with Crippen LogP contribution in [-0.2, 0) is 4.79 Å². The van der Waals surface area contributed by atoms with Crippen LogP contribution in [0.4, 0.5) is 4.39 Å². The first-order chi connectivity index (χ1) is 9.07. The lowest BCUT2D eigenvalue weighted by Crippen LogP contribution is -2.39. The molecule has 0 aliphatic heterocycles. The van der Waals surface area contributed by atoms with Crippen LogP contribution in [0.1, 0.15) is 20.8 Å². The predicted molar refractivity (Wildman–Crippen MR) is 77.8 cm³/mol. The Balaban J connectivity index is 0.000000982. The van der Waals surface area contributed by atoms with E-state index in [1.54, 1.807) is 22.9 Å². The van der Waals surface area contributed by atoms with Gasteiger partial charge >= 0.3 is 0 Å². The minimum absolute atomic E-state index is 0.159. The average Bonchev–Trinajstić information content (AvgIpc) is 2.42. The van der Waals surface area contributed by atoms with Crippen molar-refractivity contribution in [3.63, 3.8) is 0 Å². The van der Waals surface area contributed by atoms with Gasteiger partial charge in [0.1, 0.15) is 5.82 Å². The monoisotopic (exact) mass is 305 g/mol. The highest BCUT2D eigenvalue weighted by atomic mass is 33.1. The Hall–Kier alpha value is -0.720. The zero-order valence-electron chi connectivity index (χ0n) is 11.5. The Morgan fingerprint density at radius 1 is 1.26 bits per heavy atom. The molecule has 0 saturated heterocycles. The van der Waals surface area contributed by atoms with Gasteiger partial charge in [-0.15, -0.1) is 0 Å². The third kappa shape index (κ3) is 6.84. The maximum atomic E-state index is 13.0. The molecule has 3 nitrogen and oxygen atoms in total. The van der Waals surface area contributed by atoms with E-state index in [0.29, 0.717) is 0 Å². The van der Waals surface area contributed by atoms with Crippen LogP contribution in [-0.4, -0.2) is 30.0 Å². The fraction of sp³-hybridized carbons (Fsp3) is 0.462. The fourth-order valence-corrected chi connectivity index (χ4v) is 4.32. The van der Waals surface area contributed by atoms with Gasteiger partial charge < -0.3 is 9.90 Å². The highest BCUT2D eigenvalue weighted by molar-refractivity contribution is 8.74. The Bertz CT molecular complexity index is 365. The van der Waals surface area contributed by atoms with Crippen LogP contribution >= 0.6 is 21.8 Å². The standard InChI is InChI=1S/C12H19FNS2.CH2O2/c1-4-14(5-2,6-3)16-15-12-9-7-8-11(13)10-12;2-1-3/h7-10H,4-6H2,1-3H3;1H,(H,2,3)/q+1;/p-1. The minimum Gasteiger partial charge on any atom is -0.554 e. The van der Waals surface area contributed by atoms with Crippen molar-refractivity contribution in [1.82, 2.24) is 0 Å². The molecule has 0 atom stereocenters. The van der Waals surface area contributed by atoms with Crippen LogP contribution in [0.3, 0.4) is 0 Å². The van der Waals surface area contributed by atoms with Gasteiger partial charge in [-0.3, -0.25) is 3.89 Å². The summed E-state index contributed by atoms with van der Waals surface area (Å²) in [6.07, 6.45) is 0. The molecule has 108 valence electrons. The van der Waals surface area contributed by atoms with E-state index in [1.807, 2.05) is 17.0 Å². The quantitative estimate of drug-likeness (QED) is 0.351. The lowest BCUT2D eigenvalue weighted by atomic mass is 10.4. The summed E-state index contributed by atoms with van der Waals surface area (Å²) in [6, 6.07) is 6.79. The number of carbonyl (C=O) groups is 1. The summed E-state index contributed by atoms with van der Waals surface area (Å²) in [5.41, 5.74) is 0. The Labute approximate surface area is 122 Å². The highest BCUT2D eigenvalue weighted by Crippen LogP contribution is 2.39. The first kappa shape index (κ1) is 18.3. The second-order valence-corrected chi connectivity index (χ2v) is 6.23. The molecular formula is C13H20FNO2S2. The van der Waals surface area contributed by atoms with Crippen molar-refractivity contribution in [1.29, 1.82) is 0 Å². The van der Waals surface area contributed by atoms with Gasteiger partial charge in [-0.05, 0) is 39.0 Å². The molecule has 0 aliphatic carbocycles. The Morgan fingerprint density at radius 3 is 2.21 bits per heavy atom. The van der Waals surface area contributed by atoms with Gasteiger partial charge in [0.2, 0.25) is 0 Å². The first-order valence-electron chi connectivity index (χ1n) is 6.11. The number of halogens is 1. The molecule has 0 amide bonds. The number of nitrogens with zero attached hydrogens (tertiary/aromatic N) is 1. The Morgan fingerprint density at radius 2 is 1.79 bits per heavy atom. The van der Waals surface area contributed by atoms with Crippen molar-refractivity contribution < 1.29 is 18.2 Å². The zero-order valence-corrected chi connectivity index (χ0v) is 13.1. The van der Waals surface area contributed by atoms with Crippen molar-refractivity contribution >= 4 is 28.2 Å². The van der Waals surface area contributed by atoms with E-state index >= 15 is 0 Å². The maximum absolute atomic E-state index is 13.0. The molecule has 0 spiro atoms. The molecule has 19 heavy (non-hydrogen) atoms. The van der Waals surface area contributed by atoms with Crippen LogP contribution < -0.4 is 5.11 Å². The smallest absolute Gasteiger partial charge is 0.152 e. The van der Waals surface area contributed by atoms with Gasteiger partial charge in [0.15, 0.2) is 11.0 Å². The van der Waals surface area contributed by atoms with E-state index in [9.17, 15) is 4.39 Å². The molecule has 0 aliphatic rings. The molecule has 0 saturated carbocycles. The summed E-state index contributed by atoms with van der Waals surface area (Å²) in [5, 5.41) is 8.25. The van der Waals surface area contributed by atoms with Crippen LogP contribution in [0.2, 0.25) is 0 Å². The summed E-state index contributed by atoms with van der Waals surface area (Å²) in [5.74, 6) is -0.159. The third-order valence-corrected chi connectivity index (χ3v) is 6.18. The maximum Gasteiger partial charge on any atom is 0.152 e. The number of rotatable bonds is 6. The van der Waals surface area contributed by atoms with Gasteiger partial charge in [-0.1, -0.05) is 6.07 Å². The van der Waals surface area contributed by atoms with Crippen LogP contribution in [0.5, 0.6) is 0 Å². The molecule has 0 N–H and O–H groups in total. The number of carboxylic acid groups (broad SMARTS) is 1. The molecule has 0 aromatic heterocycles.